The molecule has 0 atom stereocenters. The smallest absolute Gasteiger partial charge is 0.367 e. The Bertz CT molecular complexity index is 1210. The van der Waals surface area contributed by atoms with Gasteiger partial charge in [0.25, 0.3) is 5.91 Å². The van der Waals surface area contributed by atoms with E-state index in [1.165, 1.54) is 17.7 Å². The van der Waals surface area contributed by atoms with Crippen molar-refractivity contribution in [2.75, 3.05) is 18.4 Å². The molecule has 2 N–H and O–H groups in total. The standard InChI is InChI=1S/C25H27F3N6O/c1-24(2,23(35)32-21-4-3-19(12-29)22(11-21)25(26,27)28)34-16-20(14-31-34)18-6-9-33(10-7-18)15-17-5-8-30-13-17/h3-5,8,11,13-14,16,18,30H,6-7,9-10,15H2,1-2H3,(H,32,35). The van der Waals surface area contributed by atoms with E-state index >= 15 is 0 Å². The third-order valence-corrected chi connectivity index (χ3v) is 6.56. The van der Waals surface area contributed by atoms with Crippen LogP contribution < -0.4 is 5.32 Å². The highest BCUT2D eigenvalue weighted by atomic mass is 19.4. The van der Waals surface area contributed by atoms with Crippen LogP contribution in [0, 0.1) is 11.3 Å². The second-order valence-electron chi connectivity index (χ2n) is 9.37. The summed E-state index contributed by atoms with van der Waals surface area (Å²) in [5.41, 5.74) is -0.444. The monoisotopic (exact) mass is 484 g/mol. The lowest BCUT2D eigenvalue weighted by Gasteiger charge is -2.31. The number of benzene rings is 1. The maximum absolute atomic E-state index is 13.3. The fourth-order valence-corrected chi connectivity index (χ4v) is 4.33. The molecule has 184 valence electrons. The normalized spacial score (nSPS) is 15.7. The Morgan fingerprint density at radius 1 is 1.26 bits per heavy atom. The molecule has 1 aliphatic rings. The van der Waals surface area contributed by atoms with Gasteiger partial charge in [-0.15, -0.1) is 0 Å². The van der Waals surface area contributed by atoms with Gasteiger partial charge in [-0.25, -0.2) is 0 Å². The summed E-state index contributed by atoms with van der Waals surface area (Å²) >= 11 is 0. The predicted octanol–water partition coefficient (Wildman–Crippen LogP) is 4.86. The first kappa shape index (κ1) is 24.5. The molecule has 0 aliphatic carbocycles. The molecule has 4 rings (SSSR count). The van der Waals surface area contributed by atoms with E-state index in [-0.39, 0.29) is 5.69 Å². The molecule has 0 saturated carbocycles. The molecular weight excluding hydrogens is 457 g/mol. The number of hydrogen-bond acceptors (Lipinski definition) is 4. The van der Waals surface area contributed by atoms with Gasteiger partial charge in [0.15, 0.2) is 0 Å². The van der Waals surface area contributed by atoms with E-state index in [1.54, 1.807) is 24.7 Å². The quantitative estimate of drug-likeness (QED) is 0.523. The van der Waals surface area contributed by atoms with Crippen molar-refractivity contribution in [3.8, 4) is 6.07 Å². The summed E-state index contributed by atoms with van der Waals surface area (Å²) in [6.07, 6.45) is 4.81. The maximum atomic E-state index is 13.3. The van der Waals surface area contributed by atoms with Crippen LogP contribution in [-0.4, -0.2) is 38.7 Å². The Balaban J connectivity index is 1.41. The fourth-order valence-electron chi connectivity index (χ4n) is 4.33. The van der Waals surface area contributed by atoms with E-state index in [0.29, 0.717) is 5.92 Å². The number of piperidine rings is 1. The van der Waals surface area contributed by atoms with Crippen LogP contribution in [0.3, 0.4) is 0 Å². The zero-order valence-electron chi connectivity index (χ0n) is 19.6. The molecule has 2 aromatic heterocycles. The van der Waals surface area contributed by atoms with Gasteiger partial charge in [0.1, 0.15) is 5.54 Å². The summed E-state index contributed by atoms with van der Waals surface area (Å²) < 4.78 is 41.4. The Hall–Kier alpha value is -3.58. The summed E-state index contributed by atoms with van der Waals surface area (Å²) in [6.45, 7) is 6.16. The van der Waals surface area contributed by atoms with Crippen molar-refractivity contribution in [1.29, 1.82) is 5.26 Å². The number of nitrogens with one attached hydrogen (secondary N) is 2. The number of H-pyrrole nitrogens is 1. The highest BCUT2D eigenvalue weighted by molar-refractivity contribution is 5.96. The molecular formula is C25H27F3N6O. The molecule has 0 spiro atoms. The first-order valence-electron chi connectivity index (χ1n) is 11.4. The molecule has 10 heteroatoms. The highest BCUT2D eigenvalue weighted by Gasteiger charge is 2.35. The van der Waals surface area contributed by atoms with Crippen molar-refractivity contribution in [2.45, 2.75) is 50.9 Å². The van der Waals surface area contributed by atoms with Crippen molar-refractivity contribution in [3.05, 3.63) is 71.3 Å². The van der Waals surface area contributed by atoms with Crippen molar-refractivity contribution in [3.63, 3.8) is 0 Å². The molecule has 3 heterocycles. The average Bonchev–Trinajstić information content (AvgIpc) is 3.52. The molecule has 7 nitrogen and oxygen atoms in total. The van der Waals surface area contributed by atoms with Crippen LogP contribution in [0.2, 0.25) is 0 Å². The number of aromatic amines is 1. The number of nitriles is 1. The molecule has 1 amide bonds. The van der Waals surface area contributed by atoms with Gasteiger partial charge in [0, 0.05) is 30.8 Å². The Kier molecular flexibility index (Phi) is 6.72. The number of carbonyl (C=O) groups is 1. The van der Waals surface area contributed by atoms with Gasteiger partial charge in [-0.05, 0) is 81.1 Å². The van der Waals surface area contributed by atoms with Gasteiger partial charge in [0.05, 0.1) is 23.4 Å². The Labute approximate surface area is 201 Å². The molecule has 3 aromatic rings. The van der Waals surface area contributed by atoms with E-state index < -0.39 is 28.7 Å². The van der Waals surface area contributed by atoms with Crippen molar-refractivity contribution >= 4 is 11.6 Å². The van der Waals surface area contributed by atoms with E-state index in [2.05, 4.69) is 26.4 Å². The first-order chi connectivity index (χ1) is 16.6. The minimum atomic E-state index is -4.70. The summed E-state index contributed by atoms with van der Waals surface area (Å²) in [7, 11) is 0. The molecule has 1 aromatic carbocycles. The number of halogens is 3. The topological polar surface area (TPSA) is 89.7 Å². The van der Waals surface area contributed by atoms with Crippen molar-refractivity contribution < 1.29 is 18.0 Å². The van der Waals surface area contributed by atoms with Crippen LogP contribution in [-0.2, 0) is 23.1 Å². The zero-order chi connectivity index (χ0) is 25.2. The number of hydrogen-bond donors (Lipinski definition) is 2. The van der Waals surface area contributed by atoms with Crippen molar-refractivity contribution in [1.82, 2.24) is 19.7 Å². The Morgan fingerprint density at radius 2 is 2.00 bits per heavy atom. The first-order valence-corrected chi connectivity index (χ1v) is 11.4. The van der Waals surface area contributed by atoms with E-state index in [0.717, 1.165) is 50.2 Å². The summed E-state index contributed by atoms with van der Waals surface area (Å²) in [5.74, 6) is -0.177. The number of alkyl halides is 3. The minimum absolute atomic E-state index is 0.0310. The zero-order valence-corrected chi connectivity index (χ0v) is 19.6. The molecule has 0 bridgehead atoms. The lowest BCUT2D eigenvalue weighted by molar-refractivity contribution is -0.137. The van der Waals surface area contributed by atoms with E-state index in [4.69, 9.17) is 5.26 Å². The molecule has 0 unspecified atom stereocenters. The average molecular weight is 485 g/mol. The number of amides is 1. The van der Waals surface area contributed by atoms with Crippen LogP contribution in [0.25, 0.3) is 0 Å². The second kappa shape index (κ2) is 9.58. The van der Waals surface area contributed by atoms with Crippen LogP contribution in [0.15, 0.2) is 49.1 Å². The SMILES string of the molecule is CC(C)(C(=O)Nc1ccc(C#N)c(C(F)(F)F)c1)n1cc(C2CCN(Cc3cc[nH]c3)CC2)cn1. The van der Waals surface area contributed by atoms with Crippen LogP contribution >= 0.6 is 0 Å². The Morgan fingerprint density at radius 3 is 2.63 bits per heavy atom. The molecule has 0 radical (unpaired) electrons. The summed E-state index contributed by atoms with van der Waals surface area (Å²) in [5, 5.41) is 15.9. The van der Waals surface area contributed by atoms with E-state index in [9.17, 15) is 18.0 Å². The lowest BCUT2D eigenvalue weighted by atomic mass is 9.91. The van der Waals surface area contributed by atoms with Crippen molar-refractivity contribution in [2.24, 2.45) is 0 Å². The van der Waals surface area contributed by atoms with Gasteiger partial charge >= 0.3 is 6.18 Å². The van der Waals surface area contributed by atoms with Crippen LogP contribution in [0.4, 0.5) is 18.9 Å². The molecule has 35 heavy (non-hydrogen) atoms. The lowest BCUT2D eigenvalue weighted by Crippen LogP contribution is -2.40. The summed E-state index contributed by atoms with van der Waals surface area (Å²) in [6, 6.07) is 6.73. The van der Waals surface area contributed by atoms with Gasteiger partial charge < -0.3 is 10.3 Å². The maximum Gasteiger partial charge on any atom is 0.417 e. The van der Waals surface area contributed by atoms with Gasteiger partial charge in [-0.2, -0.15) is 23.5 Å². The van der Waals surface area contributed by atoms with E-state index in [1.807, 2.05) is 18.6 Å². The highest BCUT2D eigenvalue weighted by Crippen LogP contribution is 2.34. The number of rotatable bonds is 6. The summed E-state index contributed by atoms with van der Waals surface area (Å²) in [4.78, 5) is 18.5. The number of nitrogens with zero attached hydrogens (tertiary/aromatic N) is 4. The predicted molar refractivity (Wildman–Crippen MR) is 124 cm³/mol. The third kappa shape index (κ3) is 5.41. The van der Waals surface area contributed by atoms with Crippen LogP contribution in [0.1, 0.15) is 54.9 Å². The molecule has 1 fully saturated rings. The van der Waals surface area contributed by atoms with Gasteiger partial charge in [-0.3, -0.25) is 14.4 Å². The number of anilines is 1. The third-order valence-electron chi connectivity index (χ3n) is 6.56. The van der Waals surface area contributed by atoms with Crippen LogP contribution in [0.5, 0.6) is 0 Å². The fraction of sp³-hybridized carbons (Fsp3) is 0.400. The second-order valence-corrected chi connectivity index (χ2v) is 9.37. The minimum Gasteiger partial charge on any atom is -0.367 e. The van der Waals surface area contributed by atoms with Gasteiger partial charge in [-0.1, -0.05) is 0 Å². The number of aromatic nitrogens is 3. The molecule has 1 aliphatic heterocycles. The largest absolute Gasteiger partial charge is 0.417 e. The number of likely N-dealkylation sites (tertiary alicyclic amines) is 1. The van der Waals surface area contributed by atoms with Gasteiger partial charge in [0.2, 0.25) is 0 Å². The molecule has 1 saturated heterocycles. The number of carbonyl (C=O) groups excluding carboxylic acids is 1.